The second kappa shape index (κ2) is 10.8. The van der Waals surface area contributed by atoms with E-state index in [9.17, 15) is 4.79 Å². The molecule has 0 unspecified atom stereocenters. The third-order valence-electron chi connectivity index (χ3n) is 6.46. The highest BCUT2D eigenvalue weighted by molar-refractivity contribution is 5.86. The number of methoxy groups -OCH3 is 1. The predicted octanol–water partition coefficient (Wildman–Crippen LogP) is 6.90. The highest BCUT2D eigenvalue weighted by Gasteiger charge is 2.34. The van der Waals surface area contributed by atoms with Crippen molar-refractivity contribution in [3.63, 3.8) is 0 Å². The number of aryl methyl sites for hydroxylation is 1. The van der Waals surface area contributed by atoms with E-state index in [0.717, 1.165) is 58.6 Å². The van der Waals surface area contributed by atoms with Crippen molar-refractivity contribution in [2.75, 3.05) is 13.7 Å². The number of hydrogen-bond acceptors (Lipinski definition) is 5. The summed E-state index contributed by atoms with van der Waals surface area (Å²) in [6.45, 7) is 11.1. The predicted molar refractivity (Wildman–Crippen MR) is 142 cm³/mol. The van der Waals surface area contributed by atoms with Crippen LogP contribution in [0.3, 0.4) is 0 Å². The number of fused-ring (bicyclic) bond motifs is 1. The highest BCUT2D eigenvalue weighted by Crippen LogP contribution is 2.45. The molecule has 0 spiro atoms. The summed E-state index contributed by atoms with van der Waals surface area (Å²) < 4.78 is 23.9. The summed E-state index contributed by atoms with van der Waals surface area (Å²) in [5, 5.41) is 0. The van der Waals surface area contributed by atoms with Crippen molar-refractivity contribution in [1.29, 1.82) is 0 Å². The van der Waals surface area contributed by atoms with Gasteiger partial charge in [0.2, 0.25) is 0 Å². The topological polar surface area (TPSA) is 54.0 Å². The number of ether oxygens (including phenoxy) is 4. The van der Waals surface area contributed by atoms with Crippen LogP contribution in [-0.2, 0) is 27.3 Å². The fraction of sp³-hybridized carbons (Fsp3) is 0.387. The van der Waals surface area contributed by atoms with Crippen LogP contribution in [0.4, 0.5) is 0 Å². The van der Waals surface area contributed by atoms with Gasteiger partial charge in [-0.25, -0.2) is 4.79 Å². The lowest BCUT2D eigenvalue weighted by atomic mass is 9.86. The van der Waals surface area contributed by atoms with E-state index in [1.54, 1.807) is 0 Å². The van der Waals surface area contributed by atoms with Crippen molar-refractivity contribution >= 4 is 5.97 Å². The third-order valence-corrected chi connectivity index (χ3v) is 6.46. The second-order valence-corrected chi connectivity index (χ2v) is 10.2. The van der Waals surface area contributed by atoms with E-state index in [1.165, 1.54) is 12.7 Å². The molecule has 0 aromatic heterocycles. The van der Waals surface area contributed by atoms with Crippen molar-refractivity contribution in [3.8, 4) is 22.6 Å². The molecule has 1 aliphatic heterocycles. The van der Waals surface area contributed by atoms with Gasteiger partial charge in [-0.15, -0.1) is 0 Å². The van der Waals surface area contributed by atoms with Crippen LogP contribution >= 0.6 is 0 Å². The Kier molecular flexibility index (Phi) is 7.70. The van der Waals surface area contributed by atoms with Crippen molar-refractivity contribution in [3.05, 3.63) is 82.4 Å². The van der Waals surface area contributed by atoms with Crippen LogP contribution in [0.5, 0.6) is 11.5 Å². The molecule has 5 nitrogen and oxygen atoms in total. The molecule has 5 heteroatoms. The molecule has 0 bridgehead atoms. The summed E-state index contributed by atoms with van der Waals surface area (Å²) in [6, 6.07) is 18.1. The molecule has 0 saturated carbocycles. The number of esters is 1. The fourth-order valence-corrected chi connectivity index (χ4v) is 4.74. The minimum atomic E-state index is -0.906. The average Bonchev–Trinajstić information content (AvgIpc) is 2.87. The average molecular weight is 489 g/mol. The Balaban J connectivity index is 1.93. The van der Waals surface area contributed by atoms with Crippen LogP contribution in [0.2, 0.25) is 0 Å². The molecule has 0 radical (unpaired) electrons. The molecule has 0 N–H and O–H groups in total. The molecule has 1 aliphatic rings. The number of benzene rings is 3. The molecule has 36 heavy (non-hydrogen) atoms. The summed E-state index contributed by atoms with van der Waals surface area (Å²) in [5.41, 5.74) is 6.39. The first kappa shape index (κ1) is 25.8. The Labute approximate surface area is 214 Å². The van der Waals surface area contributed by atoms with Crippen molar-refractivity contribution in [2.45, 2.75) is 65.8 Å². The third kappa shape index (κ3) is 5.57. The SMILES string of the molecule is COC(=O)[C@@H](OC(C)(C)C)c1c(C)ccc(OCc2ccccc2)c1-c1ccc2c(c1C)CCCO2. The van der Waals surface area contributed by atoms with E-state index < -0.39 is 17.7 Å². The molecule has 0 fully saturated rings. The van der Waals surface area contributed by atoms with Crippen molar-refractivity contribution in [2.24, 2.45) is 0 Å². The van der Waals surface area contributed by atoms with Gasteiger partial charge in [-0.05, 0) is 87.4 Å². The molecular formula is C31H36O5. The minimum Gasteiger partial charge on any atom is -0.493 e. The molecule has 0 saturated heterocycles. The van der Waals surface area contributed by atoms with Crippen LogP contribution < -0.4 is 9.47 Å². The van der Waals surface area contributed by atoms with Gasteiger partial charge in [0.25, 0.3) is 0 Å². The number of carbonyl (C=O) groups is 1. The monoisotopic (exact) mass is 488 g/mol. The molecule has 1 heterocycles. The molecule has 190 valence electrons. The maximum absolute atomic E-state index is 13.1. The Morgan fingerprint density at radius 3 is 2.47 bits per heavy atom. The van der Waals surface area contributed by atoms with E-state index in [0.29, 0.717) is 12.4 Å². The lowest BCUT2D eigenvalue weighted by Crippen LogP contribution is -2.29. The quantitative estimate of drug-likeness (QED) is 0.339. The minimum absolute atomic E-state index is 0.409. The molecule has 0 amide bonds. The van der Waals surface area contributed by atoms with Gasteiger partial charge in [-0.3, -0.25) is 0 Å². The standard InChI is InChI=1S/C31H36O5/c1-20-14-16-26(35-19-22-11-8-7-9-12-22)28(27(20)29(30(32)33-6)36-31(3,4)5)24-15-17-25-23(21(24)2)13-10-18-34-25/h7-9,11-12,14-17,29H,10,13,18-19H2,1-6H3/t29-/m0/s1. The van der Waals surface area contributed by atoms with E-state index in [-0.39, 0.29) is 0 Å². The Bertz CT molecular complexity index is 1220. The van der Waals surface area contributed by atoms with Gasteiger partial charge < -0.3 is 18.9 Å². The molecule has 0 aliphatic carbocycles. The van der Waals surface area contributed by atoms with Gasteiger partial charge in [-0.2, -0.15) is 0 Å². The molecule has 3 aromatic carbocycles. The van der Waals surface area contributed by atoms with Gasteiger partial charge >= 0.3 is 5.97 Å². The van der Waals surface area contributed by atoms with E-state index in [4.69, 9.17) is 18.9 Å². The van der Waals surface area contributed by atoms with Gasteiger partial charge in [-0.1, -0.05) is 42.5 Å². The largest absolute Gasteiger partial charge is 0.493 e. The van der Waals surface area contributed by atoms with Crippen LogP contribution in [-0.4, -0.2) is 25.3 Å². The summed E-state index contributed by atoms with van der Waals surface area (Å²) in [6.07, 6.45) is 1.03. The Morgan fingerprint density at radius 1 is 1.03 bits per heavy atom. The zero-order chi connectivity index (χ0) is 25.9. The molecular weight excluding hydrogens is 452 g/mol. The van der Waals surface area contributed by atoms with Gasteiger partial charge in [0, 0.05) is 11.1 Å². The Morgan fingerprint density at radius 2 is 1.78 bits per heavy atom. The second-order valence-electron chi connectivity index (χ2n) is 10.2. The first-order valence-electron chi connectivity index (χ1n) is 12.5. The summed E-state index contributed by atoms with van der Waals surface area (Å²) >= 11 is 0. The van der Waals surface area contributed by atoms with Crippen LogP contribution in [0.25, 0.3) is 11.1 Å². The number of hydrogen-bond donors (Lipinski definition) is 0. The zero-order valence-electron chi connectivity index (χ0n) is 22.1. The molecule has 1 atom stereocenters. The van der Waals surface area contributed by atoms with Gasteiger partial charge in [0.15, 0.2) is 6.10 Å². The highest BCUT2D eigenvalue weighted by atomic mass is 16.6. The van der Waals surface area contributed by atoms with Crippen LogP contribution in [0.15, 0.2) is 54.6 Å². The lowest BCUT2D eigenvalue weighted by molar-refractivity contribution is -0.164. The normalized spacial score (nSPS) is 13.9. The van der Waals surface area contributed by atoms with E-state index in [1.807, 2.05) is 76.2 Å². The number of rotatable bonds is 7. The fourth-order valence-electron chi connectivity index (χ4n) is 4.74. The Hall–Kier alpha value is -3.31. The van der Waals surface area contributed by atoms with Crippen molar-refractivity contribution in [1.82, 2.24) is 0 Å². The van der Waals surface area contributed by atoms with Crippen molar-refractivity contribution < 1.29 is 23.7 Å². The van der Waals surface area contributed by atoms with Crippen LogP contribution in [0, 0.1) is 13.8 Å². The summed E-state index contributed by atoms with van der Waals surface area (Å²) in [7, 11) is 1.40. The molecule has 3 aromatic rings. The first-order valence-corrected chi connectivity index (χ1v) is 12.5. The first-order chi connectivity index (χ1) is 17.2. The summed E-state index contributed by atoms with van der Waals surface area (Å²) in [5.74, 6) is 1.19. The van der Waals surface area contributed by atoms with E-state index >= 15 is 0 Å². The smallest absolute Gasteiger partial charge is 0.339 e. The van der Waals surface area contributed by atoms with Crippen LogP contribution in [0.1, 0.15) is 61.1 Å². The lowest BCUT2D eigenvalue weighted by Gasteiger charge is -2.30. The molecule has 4 rings (SSSR count). The van der Waals surface area contributed by atoms with Gasteiger partial charge in [0.05, 0.1) is 19.3 Å². The maximum Gasteiger partial charge on any atom is 0.339 e. The number of carbonyl (C=O) groups excluding carboxylic acids is 1. The maximum atomic E-state index is 13.1. The zero-order valence-corrected chi connectivity index (χ0v) is 22.1. The van der Waals surface area contributed by atoms with E-state index in [2.05, 4.69) is 13.0 Å². The van der Waals surface area contributed by atoms with Gasteiger partial charge in [0.1, 0.15) is 18.1 Å². The summed E-state index contributed by atoms with van der Waals surface area (Å²) in [4.78, 5) is 13.1.